The van der Waals surface area contributed by atoms with Crippen LogP contribution in [0.3, 0.4) is 0 Å². The number of para-hydroxylation sites is 1. The van der Waals surface area contributed by atoms with Crippen LogP contribution in [0.4, 0.5) is 19.0 Å². The van der Waals surface area contributed by atoms with Crippen molar-refractivity contribution < 1.29 is 31.2 Å². The first-order chi connectivity index (χ1) is 22.4. The van der Waals surface area contributed by atoms with Crippen LogP contribution >= 0.6 is 0 Å². The van der Waals surface area contributed by atoms with Crippen LogP contribution < -0.4 is 10.2 Å². The summed E-state index contributed by atoms with van der Waals surface area (Å²) in [6, 6.07) is 15.2. The maximum Gasteiger partial charge on any atom is 0.433 e. The molecule has 0 unspecified atom stereocenters. The van der Waals surface area contributed by atoms with Crippen molar-refractivity contribution in [2.75, 3.05) is 18.0 Å². The second-order valence-corrected chi connectivity index (χ2v) is 12.4. The second-order valence-electron chi connectivity index (χ2n) is 10.5. The van der Waals surface area contributed by atoms with E-state index in [-0.39, 0.29) is 19.6 Å². The zero-order valence-electron chi connectivity index (χ0n) is 25.1. The molecule has 0 aliphatic carbocycles. The molecule has 0 bridgehead atoms. The van der Waals surface area contributed by atoms with Gasteiger partial charge in [0.1, 0.15) is 17.6 Å². The maximum absolute atomic E-state index is 14.2. The van der Waals surface area contributed by atoms with Crippen molar-refractivity contribution in [1.29, 1.82) is 0 Å². The number of hydrogen-bond donors (Lipinski definition) is 1. The van der Waals surface area contributed by atoms with Gasteiger partial charge in [0, 0.05) is 42.7 Å². The summed E-state index contributed by atoms with van der Waals surface area (Å²) in [6.45, 7) is 8.91. The number of aromatic nitrogens is 4. The van der Waals surface area contributed by atoms with E-state index in [2.05, 4.69) is 33.5 Å². The molecule has 2 amide bonds. The summed E-state index contributed by atoms with van der Waals surface area (Å²) in [7, 11) is -3.82. The molecule has 2 aromatic carbocycles. The van der Waals surface area contributed by atoms with E-state index < -0.39 is 51.5 Å². The van der Waals surface area contributed by atoms with E-state index in [1.165, 1.54) is 15.3 Å². The molecule has 0 radical (unpaired) electrons. The average molecular weight is 666 g/mol. The number of carbonyl (C=O) groups excluding carboxylic acids is 2. The number of fused-ring (bicyclic) bond motifs is 1. The lowest BCUT2D eigenvalue weighted by molar-refractivity contribution is -0.141. The van der Waals surface area contributed by atoms with Crippen molar-refractivity contribution in [3.63, 3.8) is 0 Å². The molecule has 47 heavy (non-hydrogen) atoms. The van der Waals surface area contributed by atoms with Crippen LogP contribution in [0.5, 0.6) is 0 Å². The third-order valence-electron chi connectivity index (χ3n) is 7.55. The fraction of sp³-hybridized carbons (Fsp3) is 0.219. The van der Waals surface area contributed by atoms with Crippen LogP contribution in [-0.4, -0.2) is 63.4 Å². The minimum Gasteiger partial charge on any atom is -0.337 e. The number of amides is 2. The smallest absolute Gasteiger partial charge is 0.337 e. The van der Waals surface area contributed by atoms with Gasteiger partial charge in [-0.1, -0.05) is 55.1 Å². The summed E-state index contributed by atoms with van der Waals surface area (Å²) < 4.78 is 68.2. The molecule has 0 saturated carbocycles. The number of alkyl halides is 3. The molecule has 15 heteroatoms. The topological polar surface area (TPSA) is 130 Å². The highest BCUT2D eigenvalue weighted by Crippen LogP contribution is 2.41. The van der Waals surface area contributed by atoms with E-state index >= 15 is 0 Å². The molecule has 244 valence electrons. The Morgan fingerprint density at radius 1 is 1.11 bits per heavy atom. The van der Waals surface area contributed by atoms with Crippen molar-refractivity contribution >= 4 is 27.7 Å². The van der Waals surface area contributed by atoms with Crippen LogP contribution in [-0.2, 0) is 27.5 Å². The molecule has 5 rings (SSSR count). The van der Waals surface area contributed by atoms with E-state index in [0.717, 1.165) is 11.6 Å². The summed E-state index contributed by atoms with van der Waals surface area (Å²) in [5, 5.41) is 8.00. The quantitative estimate of drug-likeness (QED) is 0.235. The van der Waals surface area contributed by atoms with Crippen molar-refractivity contribution in [2.24, 2.45) is 0 Å². The Morgan fingerprint density at radius 3 is 2.51 bits per heavy atom. The number of carbonyl (C=O) groups is 2. The number of nitrogens with one attached hydrogen (secondary N) is 1. The number of likely N-dealkylation sites (N-methyl/N-ethyl adjacent to an activating group) is 1. The van der Waals surface area contributed by atoms with Crippen molar-refractivity contribution in [1.82, 2.24) is 29.4 Å². The van der Waals surface area contributed by atoms with Gasteiger partial charge < -0.3 is 5.32 Å². The Balaban J connectivity index is 1.63. The van der Waals surface area contributed by atoms with E-state index in [4.69, 9.17) is 0 Å². The number of hydrogen-bond acceptors (Lipinski definition) is 7. The number of rotatable bonds is 11. The third kappa shape index (κ3) is 6.71. The van der Waals surface area contributed by atoms with Gasteiger partial charge in [-0.15, -0.1) is 6.58 Å². The maximum atomic E-state index is 14.2. The number of nitrogens with zero attached hydrogens (tertiary/aromatic N) is 6. The molecular weight excluding hydrogens is 635 g/mol. The van der Waals surface area contributed by atoms with Crippen LogP contribution in [0.2, 0.25) is 0 Å². The summed E-state index contributed by atoms with van der Waals surface area (Å²) in [5.74, 6) is -2.84. The molecule has 4 aromatic rings. The predicted octanol–water partition coefficient (Wildman–Crippen LogP) is 4.44. The molecule has 11 nitrogen and oxygen atoms in total. The summed E-state index contributed by atoms with van der Waals surface area (Å²) in [6.07, 6.45) is -0.988. The Bertz CT molecular complexity index is 1930. The summed E-state index contributed by atoms with van der Waals surface area (Å²) in [4.78, 5) is 36.2. The van der Waals surface area contributed by atoms with Gasteiger partial charge in [-0.3, -0.25) is 14.5 Å². The first-order valence-electron chi connectivity index (χ1n) is 14.4. The van der Waals surface area contributed by atoms with Gasteiger partial charge in [-0.25, -0.2) is 23.1 Å². The highest BCUT2D eigenvalue weighted by molar-refractivity contribution is 7.92. The van der Waals surface area contributed by atoms with Crippen LogP contribution in [0.1, 0.15) is 45.8 Å². The van der Waals surface area contributed by atoms with Crippen LogP contribution in [0, 0.1) is 0 Å². The highest BCUT2D eigenvalue weighted by Gasteiger charge is 2.45. The highest BCUT2D eigenvalue weighted by atomic mass is 32.2. The molecule has 3 heterocycles. The molecule has 1 aliphatic heterocycles. The molecule has 2 atom stereocenters. The molecule has 0 saturated heterocycles. The SMILES string of the molecule is C=CCN(Cc1cccc([C@@H]2c3cnn(-c4ccccc4)c3N(CC)C(=O)[C@H]2NC(=O)c2nccc(C(F)(F)F)n2)c1)S(=O)(=O)C=C. The third-order valence-corrected chi connectivity index (χ3v) is 8.97. The van der Waals surface area contributed by atoms with Gasteiger partial charge in [-0.2, -0.15) is 22.6 Å². The lowest BCUT2D eigenvalue weighted by Gasteiger charge is -2.38. The number of anilines is 1. The average Bonchev–Trinajstić information content (AvgIpc) is 3.49. The minimum absolute atomic E-state index is 0.00955. The number of benzene rings is 2. The first kappa shape index (κ1) is 33.2. The molecular formula is C32H30F3N7O4S. The van der Waals surface area contributed by atoms with E-state index in [1.807, 2.05) is 30.3 Å². The van der Waals surface area contributed by atoms with Crippen molar-refractivity contribution in [3.8, 4) is 5.69 Å². The fourth-order valence-electron chi connectivity index (χ4n) is 5.45. The van der Waals surface area contributed by atoms with Gasteiger partial charge in [-0.05, 0) is 36.2 Å². The fourth-order valence-corrected chi connectivity index (χ4v) is 6.30. The Kier molecular flexibility index (Phi) is 9.40. The van der Waals surface area contributed by atoms with E-state index in [9.17, 15) is 31.2 Å². The van der Waals surface area contributed by atoms with Crippen LogP contribution in [0.25, 0.3) is 5.69 Å². The summed E-state index contributed by atoms with van der Waals surface area (Å²) >= 11 is 0. The predicted molar refractivity (Wildman–Crippen MR) is 168 cm³/mol. The van der Waals surface area contributed by atoms with Gasteiger partial charge >= 0.3 is 6.18 Å². The lowest BCUT2D eigenvalue weighted by Crippen LogP contribution is -2.55. The normalized spacial score (nSPS) is 16.5. The van der Waals surface area contributed by atoms with Crippen molar-refractivity contribution in [2.45, 2.75) is 31.6 Å². The standard InChI is InChI=1S/C32H30F3N7O4S/c1-4-17-40(47(45,46)6-3)20-21-11-10-12-22(18-21)26-24-19-37-42(23-13-8-7-9-14-23)30(24)41(5-2)31(44)27(26)39-29(43)28-36-16-15-25(38-28)32(33,34)35/h4,6-16,18-19,26-27H,1,3,5,17,20H2,2H3,(H,39,43)/t26-,27+/m1/s1. The van der Waals surface area contributed by atoms with Gasteiger partial charge in [0.05, 0.1) is 11.9 Å². The second kappa shape index (κ2) is 13.3. The Labute approximate surface area is 269 Å². The van der Waals surface area contributed by atoms with E-state index in [1.54, 1.807) is 42.1 Å². The molecule has 0 fully saturated rings. The van der Waals surface area contributed by atoms with Crippen LogP contribution in [0.15, 0.2) is 97.7 Å². The monoisotopic (exact) mass is 665 g/mol. The molecule has 2 aromatic heterocycles. The Hall–Kier alpha value is -5.15. The first-order valence-corrected chi connectivity index (χ1v) is 15.9. The van der Waals surface area contributed by atoms with Gasteiger partial charge in [0.15, 0.2) is 0 Å². The lowest BCUT2D eigenvalue weighted by atomic mass is 9.82. The molecule has 1 N–H and O–H groups in total. The number of halogens is 3. The minimum atomic E-state index is -4.82. The molecule has 0 spiro atoms. The Morgan fingerprint density at radius 2 is 1.85 bits per heavy atom. The zero-order chi connectivity index (χ0) is 33.9. The van der Waals surface area contributed by atoms with Crippen molar-refractivity contribution in [3.05, 3.63) is 126 Å². The zero-order valence-corrected chi connectivity index (χ0v) is 25.9. The summed E-state index contributed by atoms with van der Waals surface area (Å²) in [5.41, 5.74) is 0.983. The van der Waals surface area contributed by atoms with Gasteiger partial charge in [0.25, 0.3) is 11.8 Å². The largest absolute Gasteiger partial charge is 0.433 e. The number of sulfonamides is 1. The van der Waals surface area contributed by atoms with Gasteiger partial charge in [0.2, 0.25) is 15.8 Å². The van der Waals surface area contributed by atoms with E-state index in [0.29, 0.717) is 34.3 Å². The molecule has 1 aliphatic rings.